The van der Waals surface area contributed by atoms with Crippen LogP contribution in [0.3, 0.4) is 0 Å². The monoisotopic (exact) mass is 386 g/mol. The summed E-state index contributed by atoms with van der Waals surface area (Å²) < 4.78 is 7.88. The summed E-state index contributed by atoms with van der Waals surface area (Å²) in [6.45, 7) is 5.70. The van der Waals surface area contributed by atoms with Crippen molar-refractivity contribution in [3.63, 3.8) is 0 Å². The number of carbonyl (C=O) groups is 1. The van der Waals surface area contributed by atoms with Crippen molar-refractivity contribution >= 4 is 40.5 Å². The molecule has 2 heterocycles. The van der Waals surface area contributed by atoms with Gasteiger partial charge in [0.05, 0.1) is 6.61 Å². The Balaban J connectivity index is 2.60. The quantitative estimate of drug-likeness (QED) is 0.598. The molecular formula is C15H19ClN4O4S. The number of carbonyl (C=O) groups excluding carboxylic acids is 1. The van der Waals surface area contributed by atoms with Crippen molar-refractivity contribution < 1.29 is 9.53 Å². The number of imidazole rings is 1. The lowest BCUT2D eigenvalue weighted by molar-refractivity contribution is -0.142. The van der Waals surface area contributed by atoms with Gasteiger partial charge in [0.1, 0.15) is 5.25 Å². The zero-order chi connectivity index (χ0) is 18.7. The average Bonchev–Trinajstić information content (AvgIpc) is 2.89. The lowest BCUT2D eigenvalue weighted by Gasteiger charge is -2.11. The number of hydrogen-bond donors (Lipinski definition) is 1. The Labute approximate surface area is 152 Å². The third-order valence-corrected chi connectivity index (χ3v) is 4.65. The van der Waals surface area contributed by atoms with Crippen LogP contribution >= 0.6 is 23.4 Å². The maximum absolute atomic E-state index is 12.3. The number of nitrogens with one attached hydrogen (secondary N) is 1. The van der Waals surface area contributed by atoms with Gasteiger partial charge in [-0.1, -0.05) is 29.4 Å². The highest BCUT2D eigenvalue weighted by Gasteiger charge is 2.22. The Morgan fingerprint density at radius 3 is 2.76 bits per heavy atom. The molecule has 0 aliphatic heterocycles. The van der Waals surface area contributed by atoms with Crippen molar-refractivity contribution in [1.82, 2.24) is 19.1 Å². The van der Waals surface area contributed by atoms with E-state index in [1.165, 1.54) is 11.6 Å². The van der Waals surface area contributed by atoms with Crippen molar-refractivity contribution in [1.29, 1.82) is 0 Å². The lowest BCUT2D eigenvalue weighted by atomic mass is 10.4. The molecule has 1 atom stereocenters. The molecular weight excluding hydrogens is 368 g/mol. The van der Waals surface area contributed by atoms with Gasteiger partial charge in [-0.3, -0.25) is 19.1 Å². The molecule has 0 spiro atoms. The molecule has 0 saturated heterocycles. The molecule has 8 nitrogen and oxygen atoms in total. The molecule has 0 radical (unpaired) electrons. The first-order valence-electron chi connectivity index (χ1n) is 7.61. The second-order valence-corrected chi connectivity index (χ2v) is 7.20. The molecule has 10 heteroatoms. The first-order chi connectivity index (χ1) is 11.8. The fraction of sp³-hybridized carbons (Fsp3) is 0.467. The van der Waals surface area contributed by atoms with Crippen LogP contribution in [-0.2, 0) is 23.1 Å². The Morgan fingerprint density at radius 1 is 1.48 bits per heavy atom. The van der Waals surface area contributed by atoms with Crippen molar-refractivity contribution in [2.75, 3.05) is 6.61 Å². The van der Waals surface area contributed by atoms with Gasteiger partial charge in [-0.25, -0.2) is 9.78 Å². The molecule has 2 aromatic heterocycles. The van der Waals surface area contributed by atoms with E-state index in [-0.39, 0.29) is 30.3 Å². The molecule has 136 valence electrons. The molecule has 0 bridgehead atoms. The summed E-state index contributed by atoms with van der Waals surface area (Å²) in [6.07, 6.45) is 1.71. The van der Waals surface area contributed by atoms with Gasteiger partial charge in [0.2, 0.25) is 0 Å². The van der Waals surface area contributed by atoms with Gasteiger partial charge in [0, 0.05) is 18.6 Å². The minimum Gasteiger partial charge on any atom is -0.465 e. The summed E-state index contributed by atoms with van der Waals surface area (Å²) in [4.78, 5) is 42.6. The Hall–Kier alpha value is -2.00. The third kappa shape index (κ3) is 4.16. The van der Waals surface area contributed by atoms with E-state index in [2.05, 4.69) is 9.97 Å². The average molecular weight is 387 g/mol. The van der Waals surface area contributed by atoms with Crippen LogP contribution in [-0.4, -0.2) is 36.9 Å². The zero-order valence-corrected chi connectivity index (χ0v) is 15.9. The summed E-state index contributed by atoms with van der Waals surface area (Å²) in [5, 5.41) is 0.460. The highest BCUT2D eigenvalue weighted by Crippen LogP contribution is 2.26. The second-order valence-electron chi connectivity index (χ2n) is 5.30. The number of aryl methyl sites for hydroxylation is 1. The highest BCUT2D eigenvalue weighted by molar-refractivity contribution is 8.00. The van der Waals surface area contributed by atoms with E-state index in [0.717, 1.165) is 11.8 Å². The topological polar surface area (TPSA) is 99.0 Å². The molecule has 0 amide bonds. The van der Waals surface area contributed by atoms with E-state index in [9.17, 15) is 14.4 Å². The van der Waals surface area contributed by atoms with Crippen LogP contribution in [0.5, 0.6) is 0 Å². The largest absolute Gasteiger partial charge is 0.465 e. The fourth-order valence-corrected chi connectivity index (χ4v) is 3.14. The summed E-state index contributed by atoms with van der Waals surface area (Å²) in [5.41, 5.74) is -0.606. The van der Waals surface area contributed by atoms with E-state index >= 15 is 0 Å². The highest BCUT2D eigenvalue weighted by atomic mass is 35.5. The van der Waals surface area contributed by atoms with Gasteiger partial charge in [-0.05, 0) is 20.8 Å². The van der Waals surface area contributed by atoms with Crippen LogP contribution in [0.25, 0.3) is 11.2 Å². The van der Waals surface area contributed by atoms with Crippen LogP contribution in [0.1, 0.15) is 20.8 Å². The maximum atomic E-state index is 12.3. The van der Waals surface area contributed by atoms with Crippen molar-refractivity contribution in [2.45, 2.75) is 37.7 Å². The molecule has 0 aliphatic rings. The number of allylic oxidation sites excluding steroid dienone is 2. The predicted octanol–water partition coefficient (Wildman–Crippen LogP) is 1.61. The van der Waals surface area contributed by atoms with E-state index in [0.29, 0.717) is 10.2 Å². The van der Waals surface area contributed by atoms with Gasteiger partial charge in [0.25, 0.3) is 5.56 Å². The molecule has 0 aliphatic carbocycles. The minimum atomic E-state index is -0.554. The molecule has 1 N–H and O–H groups in total. The molecule has 0 aromatic carbocycles. The van der Waals surface area contributed by atoms with Crippen molar-refractivity contribution in [3.05, 3.63) is 31.9 Å². The number of hydrogen-bond acceptors (Lipinski definition) is 6. The van der Waals surface area contributed by atoms with Crippen LogP contribution in [0, 0.1) is 0 Å². The van der Waals surface area contributed by atoms with E-state index < -0.39 is 16.5 Å². The number of esters is 1. The zero-order valence-electron chi connectivity index (χ0n) is 14.3. The Kier molecular flexibility index (Phi) is 6.12. The van der Waals surface area contributed by atoms with E-state index in [4.69, 9.17) is 16.3 Å². The fourth-order valence-electron chi connectivity index (χ4n) is 2.16. The number of halogens is 1. The number of H-pyrrole nitrogens is 1. The molecule has 2 aromatic rings. The van der Waals surface area contributed by atoms with Crippen LogP contribution in [0.4, 0.5) is 0 Å². The predicted molar refractivity (Wildman–Crippen MR) is 97.2 cm³/mol. The summed E-state index contributed by atoms with van der Waals surface area (Å²) >= 11 is 7.05. The van der Waals surface area contributed by atoms with Crippen LogP contribution < -0.4 is 11.2 Å². The van der Waals surface area contributed by atoms with Gasteiger partial charge in [-0.2, -0.15) is 0 Å². The number of rotatable bonds is 6. The Bertz CT molecular complexity index is 939. The number of thioether (sulfide) groups is 1. The van der Waals surface area contributed by atoms with Gasteiger partial charge in [-0.15, -0.1) is 0 Å². The molecule has 0 fully saturated rings. The van der Waals surface area contributed by atoms with Gasteiger partial charge < -0.3 is 9.30 Å². The standard InChI is InChI=1S/C15H19ClN4O4S/c1-5-24-13(22)9(3)25-15-17-11-10(20(15)7-6-8(2)16)12(21)18-14(23)19(11)4/h6,9H,5,7H2,1-4H3,(H,18,21,23)/b8-6-/t9-/m0/s1. The lowest BCUT2D eigenvalue weighted by Crippen LogP contribution is -2.29. The van der Waals surface area contributed by atoms with Gasteiger partial charge >= 0.3 is 11.7 Å². The molecule has 0 unspecified atom stereocenters. The van der Waals surface area contributed by atoms with Crippen molar-refractivity contribution in [3.8, 4) is 0 Å². The SMILES string of the molecule is CCOC(=O)[C@H](C)Sc1nc2c(c(=O)[nH]c(=O)n2C)n1C/C=C(/C)Cl. The van der Waals surface area contributed by atoms with Crippen molar-refractivity contribution in [2.24, 2.45) is 7.05 Å². The number of nitrogens with zero attached hydrogens (tertiary/aromatic N) is 3. The maximum Gasteiger partial charge on any atom is 0.329 e. The van der Waals surface area contributed by atoms with E-state index in [1.807, 2.05) is 0 Å². The van der Waals surface area contributed by atoms with Crippen LogP contribution in [0.15, 0.2) is 25.9 Å². The molecule has 25 heavy (non-hydrogen) atoms. The first kappa shape index (κ1) is 19.3. The number of ether oxygens (including phenoxy) is 1. The number of fused-ring (bicyclic) bond motifs is 1. The smallest absolute Gasteiger partial charge is 0.329 e. The molecule has 2 rings (SSSR count). The summed E-state index contributed by atoms with van der Waals surface area (Å²) in [5.74, 6) is -0.377. The normalized spacial score (nSPS) is 13.2. The van der Waals surface area contributed by atoms with Gasteiger partial charge in [0.15, 0.2) is 16.3 Å². The molecule has 0 saturated carbocycles. The third-order valence-electron chi connectivity index (χ3n) is 3.43. The number of aromatic amines is 1. The number of aromatic nitrogens is 4. The Morgan fingerprint density at radius 2 is 2.16 bits per heavy atom. The summed E-state index contributed by atoms with van der Waals surface area (Å²) in [7, 11) is 1.52. The minimum absolute atomic E-state index is 0.243. The second kappa shape index (κ2) is 7.92. The van der Waals surface area contributed by atoms with Crippen LogP contribution in [0.2, 0.25) is 0 Å². The van der Waals surface area contributed by atoms with E-state index in [1.54, 1.807) is 31.4 Å². The first-order valence-corrected chi connectivity index (χ1v) is 8.87. The summed E-state index contributed by atoms with van der Waals surface area (Å²) in [6, 6.07) is 0.